The Morgan fingerprint density at radius 3 is 2.21 bits per heavy atom. The Balaban J connectivity index is 2.05. The van der Waals surface area contributed by atoms with Crippen LogP contribution in [0.4, 0.5) is 0 Å². The minimum atomic E-state index is -0.896. The van der Waals surface area contributed by atoms with Crippen molar-refractivity contribution in [2.75, 3.05) is 21.3 Å². The first-order chi connectivity index (χ1) is 13.9. The van der Waals surface area contributed by atoms with E-state index in [1.54, 1.807) is 18.2 Å². The second-order valence-corrected chi connectivity index (χ2v) is 7.09. The molecule has 0 saturated heterocycles. The number of carboxylic acid groups (broad SMARTS) is 1. The van der Waals surface area contributed by atoms with Crippen LogP contribution in [0.25, 0.3) is 0 Å². The summed E-state index contributed by atoms with van der Waals surface area (Å²) in [5.41, 5.74) is 2.05. The third-order valence-corrected chi connectivity index (χ3v) is 5.74. The molecule has 150 valence electrons. The van der Waals surface area contributed by atoms with E-state index in [0.29, 0.717) is 29.9 Å². The van der Waals surface area contributed by atoms with E-state index in [1.807, 2.05) is 0 Å². The molecule has 0 saturated carbocycles. The largest absolute Gasteiger partial charge is 0.496 e. The van der Waals surface area contributed by atoms with Gasteiger partial charge in [0.25, 0.3) is 0 Å². The highest BCUT2D eigenvalue weighted by molar-refractivity contribution is 6.31. The van der Waals surface area contributed by atoms with Gasteiger partial charge in [-0.3, -0.25) is 14.4 Å². The number of methoxy groups -OCH3 is 3. The minimum Gasteiger partial charge on any atom is -0.496 e. The van der Waals surface area contributed by atoms with Gasteiger partial charge in [0, 0.05) is 16.7 Å². The second kappa shape index (κ2) is 6.92. The van der Waals surface area contributed by atoms with Crippen LogP contribution >= 0.6 is 0 Å². The van der Waals surface area contributed by atoms with Crippen LogP contribution in [0, 0.1) is 5.92 Å². The Morgan fingerprint density at radius 2 is 1.59 bits per heavy atom. The van der Waals surface area contributed by atoms with Crippen molar-refractivity contribution in [1.29, 1.82) is 0 Å². The summed E-state index contributed by atoms with van der Waals surface area (Å²) >= 11 is 0. The summed E-state index contributed by atoms with van der Waals surface area (Å²) in [5.74, 6) is -1.33. The summed E-state index contributed by atoms with van der Waals surface area (Å²) < 4.78 is 16.5. The van der Waals surface area contributed by atoms with Crippen LogP contribution in [0.3, 0.4) is 0 Å². The Kier molecular flexibility index (Phi) is 4.53. The molecule has 2 aliphatic rings. The van der Waals surface area contributed by atoms with Crippen molar-refractivity contribution < 1.29 is 33.7 Å². The predicted molar refractivity (Wildman–Crippen MR) is 103 cm³/mol. The maximum Gasteiger partial charge on any atom is 0.306 e. The molecule has 1 unspecified atom stereocenters. The highest BCUT2D eigenvalue weighted by Crippen LogP contribution is 2.48. The predicted octanol–water partition coefficient (Wildman–Crippen LogP) is 2.68. The Bertz CT molecular complexity index is 1070. The van der Waals surface area contributed by atoms with E-state index >= 15 is 0 Å². The van der Waals surface area contributed by atoms with Crippen LogP contribution in [-0.2, 0) is 17.6 Å². The van der Waals surface area contributed by atoms with Gasteiger partial charge in [-0.15, -0.1) is 0 Å². The van der Waals surface area contributed by atoms with Crippen LogP contribution in [0.5, 0.6) is 17.2 Å². The average Bonchev–Trinajstić information content (AvgIpc) is 2.74. The molecule has 7 nitrogen and oxygen atoms in total. The Labute approximate surface area is 167 Å². The smallest absolute Gasteiger partial charge is 0.306 e. The summed E-state index contributed by atoms with van der Waals surface area (Å²) in [5, 5.41) is 9.47. The number of benzene rings is 2. The topological polar surface area (TPSA) is 99.1 Å². The molecule has 0 aliphatic heterocycles. The van der Waals surface area contributed by atoms with Gasteiger partial charge in [0.1, 0.15) is 17.2 Å². The molecule has 2 aliphatic carbocycles. The SMILES string of the molecule is COc1cccc2c1C(=O)c1c(OC)c3c(c(OC)c1C2=O)CC(C(=O)O)CC3. The summed E-state index contributed by atoms with van der Waals surface area (Å²) in [7, 11) is 4.31. The third-order valence-electron chi connectivity index (χ3n) is 5.74. The molecule has 0 fully saturated rings. The van der Waals surface area contributed by atoms with Crippen LogP contribution in [0.2, 0.25) is 0 Å². The molecular weight excluding hydrogens is 376 g/mol. The number of fused-ring (bicyclic) bond motifs is 3. The fourth-order valence-electron chi connectivity index (χ4n) is 4.43. The lowest BCUT2D eigenvalue weighted by Crippen LogP contribution is -2.28. The number of carbonyl (C=O) groups is 3. The Morgan fingerprint density at radius 1 is 0.931 bits per heavy atom. The number of hydrogen-bond acceptors (Lipinski definition) is 6. The molecule has 1 N–H and O–H groups in total. The maximum absolute atomic E-state index is 13.5. The molecule has 7 heteroatoms. The summed E-state index contributed by atoms with van der Waals surface area (Å²) in [6.45, 7) is 0. The van der Waals surface area contributed by atoms with Crippen molar-refractivity contribution in [3.05, 3.63) is 51.6 Å². The van der Waals surface area contributed by atoms with E-state index in [0.717, 1.165) is 5.56 Å². The lowest BCUT2D eigenvalue weighted by molar-refractivity contribution is -0.142. The number of hydrogen-bond donors (Lipinski definition) is 1. The van der Waals surface area contributed by atoms with Gasteiger partial charge < -0.3 is 19.3 Å². The summed E-state index contributed by atoms with van der Waals surface area (Å²) in [6, 6.07) is 4.86. The van der Waals surface area contributed by atoms with E-state index in [2.05, 4.69) is 0 Å². The van der Waals surface area contributed by atoms with Crippen LogP contribution in [0.1, 0.15) is 49.4 Å². The molecular formula is C22H20O7. The van der Waals surface area contributed by atoms with Crippen molar-refractivity contribution in [3.8, 4) is 17.2 Å². The monoisotopic (exact) mass is 396 g/mol. The highest BCUT2D eigenvalue weighted by atomic mass is 16.5. The molecule has 0 spiro atoms. The summed E-state index contributed by atoms with van der Waals surface area (Å²) in [6.07, 6.45) is 1.05. The fraction of sp³-hybridized carbons (Fsp3) is 0.318. The first-order valence-corrected chi connectivity index (χ1v) is 9.23. The Hall–Kier alpha value is -3.35. The van der Waals surface area contributed by atoms with Crippen molar-refractivity contribution in [2.45, 2.75) is 19.3 Å². The van der Waals surface area contributed by atoms with Gasteiger partial charge >= 0.3 is 5.97 Å². The molecule has 0 amide bonds. The van der Waals surface area contributed by atoms with E-state index < -0.39 is 11.9 Å². The number of carboxylic acids is 1. The molecule has 2 aromatic rings. The molecule has 0 radical (unpaired) electrons. The van der Waals surface area contributed by atoms with E-state index in [-0.39, 0.29) is 46.0 Å². The zero-order valence-corrected chi connectivity index (χ0v) is 16.3. The minimum absolute atomic E-state index is 0.125. The zero-order valence-electron chi connectivity index (χ0n) is 16.3. The second-order valence-electron chi connectivity index (χ2n) is 7.09. The van der Waals surface area contributed by atoms with Gasteiger partial charge in [-0.05, 0) is 25.3 Å². The van der Waals surface area contributed by atoms with E-state index in [1.165, 1.54) is 21.3 Å². The van der Waals surface area contributed by atoms with Crippen LogP contribution in [-0.4, -0.2) is 44.0 Å². The molecule has 0 bridgehead atoms. The van der Waals surface area contributed by atoms with Gasteiger partial charge in [-0.2, -0.15) is 0 Å². The first kappa shape index (κ1) is 19.0. The lowest BCUT2D eigenvalue weighted by atomic mass is 9.75. The normalized spacial score (nSPS) is 17.1. The molecule has 4 rings (SSSR count). The zero-order chi connectivity index (χ0) is 20.9. The number of aliphatic carboxylic acids is 1. The number of ether oxygens (including phenoxy) is 3. The number of carbonyl (C=O) groups excluding carboxylic acids is 2. The van der Waals surface area contributed by atoms with Gasteiger partial charge in [-0.1, -0.05) is 12.1 Å². The average molecular weight is 396 g/mol. The summed E-state index contributed by atoms with van der Waals surface area (Å²) in [4.78, 5) is 38.4. The lowest BCUT2D eigenvalue weighted by Gasteiger charge is -2.30. The molecule has 0 aromatic heterocycles. The fourth-order valence-corrected chi connectivity index (χ4v) is 4.43. The molecule has 1 atom stereocenters. The van der Waals surface area contributed by atoms with Crippen molar-refractivity contribution in [1.82, 2.24) is 0 Å². The van der Waals surface area contributed by atoms with Crippen LogP contribution in [0.15, 0.2) is 18.2 Å². The van der Waals surface area contributed by atoms with Crippen molar-refractivity contribution >= 4 is 17.5 Å². The first-order valence-electron chi connectivity index (χ1n) is 9.23. The third kappa shape index (κ3) is 2.61. The maximum atomic E-state index is 13.5. The van der Waals surface area contributed by atoms with Gasteiger partial charge in [0.15, 0.2) is 5.78 Å². The molecule has 29 heavy (non-hydrogen) atoms. The van der Waals surface area contributed by atoms with E-state index in [9.17, 15) is 19.5 Å². The standard InChI is InChI=1S/C22H20O7/c1-27-14-6-4-5-12-15(14)19(24)17-16(18(12)23)21(29-3)13-9-10(22(25)26)7-8-11(13)20(17)28-2/h4-6,10H,7-9H2,1-3H3,(H,25,26). The van der Waals surface area contributed by atoms with E-state index in [4.69, 9.17) is 14.2 Å². The quantitative estimate of drug-likeness (QED) is 0.724. The van der Waals surface area contributed by atoms with Crippen LogP contribution < -0.4 is 14.2 Å². The van der Waals surface area contributed by atoms with Gasteiger partial charge in [-0.25, -0.2) is 0 Å². The van der Waals surface area contributed by atoms with Gasteiger partial charge in [0.05, 0.1) is 43.9 Å². The molecule has 0 heterocycles. The van der Waals surface area contributed by atoms with Crippen molar-refractivity contribution in [2.24, 2.45) is 5.92 Å². The highest BCUT2D eigenvalue weighted by Gasteiger charge is 2.41. The van der Waals surface area contributed by atoms with Gasteiger partial charge in [0.2, 0.25) is 5.78 Å². The number of ketones is 2. The number of rotatable bonds is 4. The molecule has 2 aromatic carbocycles. The van der Waals surface area contributed by atoms with Crippen molar-refractivity contribution in [3.63, 3.8) is 0 Å².